The molecule has 1 heterocycles. The second-order valence-electron chi connectivity index (χ2n) is 7.40. The van der Waals surface area contributed by atoms with Crippen molar-refractivity contribution in [2.24, 2.45) is 0 Å². The van der Waals surface area contributed by atoms with Gasteiger partial charge >= 0.3 is 0 Å². The average Bonchev–Trinajstić information content (AvgIpc) is 2.75. The van der Waals surface area contributed by atoms with Crippen LogP contribution in [0.15, 0.2) is 83.8 Å². The van der Waals surface area contributed by atoms with E-state index in [2.05, 4.69) is 53.3 Å². The van der Waals surface area contributed by atoms with Crippen molar-refractivity contribution in [1.82, 2.24) is 9.88 Å². The number of phenolic OH excluding ortho intramolecular Hbond substituents is 1. The molecule has 0 aliphatic heterocycles. The minimum absolute atomic E-state index is 0.119. The molecule has 0 aliphatic carbocycles. The molecule has 4 nitrogen and oxygen atoms in total. The number of rotatable bonds is 6. The van der Waals surface area contributed by atoms with Crippen LogP contribution in [-0.4, -0.2) is 28.6 Å². The maximum absolute atomic E-state index is 12.1. The Kier molecular flexibility index (Phi) is 5.45. The number of phenols is 1. The first kappa shape index (κ1) is 19.0. The third-order valence-corrected chi connectivity index (χ3v) is 5.25. The highest BCUT2D eigenvalue weighted by Gasteiger charge is 2.11. The van der Waals surface area contributed by atoms with Gasteiger partial charge in [-0.05, 0) is 42.3 Å². The summed E-state index contributed by atoms with van der Waals surface area (Å²) in [7, 11) is 2.13. The zero-order valence-electron chi connectivity index (χ0n) is 16.4. The van der Waals surface area contributed by atoms with Crippen LogP contribution in [0.3, 0.4) is 0 Å². The van der Waals surface area contributed by atoms with Crippen LogP contribution in [0.25, 0.3) is 21.9 Å². The Balaban J connectivity index is 1.51. The standard InChI is InChI=1S/C25H24N2O2/c1-27(15-14-18-6-3-2-4-7-18)17-19-10-12-20(13-11-19)22-16-26-25(29)21-8-5-9-23(28)24(21)22/h2-13,16,28H,14-15,17H2,1H3,(H,26,29). The summed E-state index contributed by atoms with van der Waals surface area (Å²) in [6.45, 7) is 1.86. The molecule has 146 valence electrons. The summed E-state index contributed by atoms with van der Waals surface area (Å²) in [5.41, 5.74) is 4.16. The predicted molar refractivity (Wildman–Crippen MR) is 118 cm³/mol. The minimum Gasteiger partial charge on any atom is -0.507 e. The third kappa shape index (κ3) is 4.23. The van der Waals surface area contributed by atoms with Crippen molar-refractivity contribution in [3.05, 3.63) is 100 Å². The smallest absolute Gasteiger partial charge is 0.255 e. The number of benzene rings is 3. The Morgan fingerprint density at radius 1 is 0.897 bits per heavy atom. The van der Waals surface area contributed by atoms with Gasteiger partial charge in [0.25, 0.3) is 5.56 Å². The minimum atomic E-state index is -0.198. The van der Waals surface area contributed by atoms with E-state index in [1.54, 1.807) is 24.4 Å². The number of hydrogen-bond acceptors (Lipinski definition) is 3. The Morgan fingerprint density at radius 3 is 2.41 bits per heavy atom. The summed E-state index contributed by atoms with van der Waals surface area (Å²) in [5, 5.41) is 11.4. The van der Waals surface area contributed by atoms with E-state index < -0.39 is 0 Å². The van der Waals surface area contributed by atoms with E-state index in [0.717, 1.165) is 30.6 Å². The molecule has 0 aliphatic rings. The van der Waals surface area contributed by atoms with E-state index in [1.165, 1.54) is 11.1 Å². The molecule has 0 saturated carbocycles. The normalized spacial score (nSPS) is 11.2. The first-order valence-corrected chi connectivity index (χ1v) is 9.77. The maximum Gasteiger partial charge on any atom is 0.255 e. The SMILES string of the molecule is CN(CCc1ccccc1)Cc1ccc(-c2c[nH]c(=O)c3cccc(O)c23)cc1. The first-order chi connectivity index (χ1) is 14.1. The van der Waals surface area contributed by atoms with Crippen LogP contribution in [0.5, 0.6) is 5.75 Å². The topological polar surface area (TPSA) is 56.3 Å². The summed E-state index contributed by atoms with van der Waals surface area (Å²) in [5.74, 6) is 0.119. The number of hydrogen-bond donors (Lipinski definition) is 2. The molecule has 0 radical (unpaired) electrons. The molecular weight excluding hydrogens is 360 g/mol. The number of aromatic amines is 1. The molecule has 29 heavy (non-hydrogen) atoms. The summed E-state index contributed by atoms with van der Waals surface area (Å²) >= 11 is 0. The lowest BCUT2D eigenvalue weighted by Gasteiger charge is -2.17. The molecule has 0 spiro atoms. The van der Waals surface area contributed by atoms with Gasteiger partial charge in [-0.3, -0.25) is 4.79 Å². The van der Waals surface area contributed by atoms with E-state index in [1.807, 2.05) is 18.2 Å². The van der Waals surface area contributed by atoms with Gasteiger partial charge in [-0.25, -0.2) is 0 Å². The fourth-order valence-corrected chi connectivity index (χ4v) is 3.67. The van der Waals surface area contributed by atoms with Crippen LogP contribution in [-0.2, 0) is 13.0 Å². The molecular formula is C25H24N2O2. The van der Waals surface area contributed by atoms with Crippen LogP contribution in [0.1, 0.15) is 11.1 Å². The monoisotopic (exact) mass is 384 g/mol. The van der Waals surface area contributed by atoms with Gasteiger partial charge in [0.05, 0.1) is 5.39 Å². The number of aromatic hydroxyl groups is 1. The van der Waals surface area contributed by atoms with Gasteiger partial charge < -0.3 is 15.0 Å². The Morgan fingerprint density at radius 2 is 1.66 bits per heavy atom. The Bertz CT molecular complexity index is 1170. The average molecular weight is 384 g/mol. The molecule has 0 bridgehead atoms. The molecule has 4 aromatic rings. The molecule has 0 saturated heterocycles. The fraction of sp³-hybridized carbons (Fsp3) is 0.160. The van der Waals surface area contributed by atoms with Crippen molar-refractivity contribution >= 4 is 10.8 Å². The van der Waals surface area contributed by atoms with Crippen LogP contribution >= 0.6 is 0 Å². The fourth-order valence-electron chi connectivity index (χ4n) is 3.67. The van der Waals surface area contributed by atoms with Crippen molar-refractivity contribution in [2.45, 2.75) is 13.0 Å². The zero-order chi connectivity index (χ0) is 20.2. The number of nitrogens with one attached hydrogen (secondary N) is 1. The molecule has 2 N–H and O–H groups in total. The molecule has 0 atom stereocenters. The van der Waals surface area contributed by atoms with Crippen LogP contribution in [0.2, 0.25) is 0 Å². The van der Waals surface area contributed by atoms with Gasteiger partial charge in [-0.2, -0.15) is 0 Å². The lowest BCUT2D eigenvalue weighted by molar-refractivity contribution is 0.331. The molecule has 4 heteroatoms. The summed E-state index contributed by atoms with van der Waals surface area (Å²) in [6, 6.07) is 23.8. The highest BCUT2D eigenvalue weighted by Crippen LogP contribution is 2.32. The van der Waals surface area contributed by atoms with Gasteiger partial charge in [0, 0.05) is 30.2 Å². The van der Waals surface area contributed by atoms with E-state index in [0.29, 0.717) is 10.8 Å². The van der Waals surface area contributed by atoms with Gasteiger partial charge in [0.2, 0.25) is 0 Å². The van der Waals surface area contributed by atoms with E-state index in [-0.39, 0.29) is 11.3 Å². The Labute approximate surface area is 170 Å². The van der Waals surface area contributed by atoms with Gasteiger partial charge in [-0.15, -0.1) is 0 Å². The highest BCUT2D eigenvalue weighted by molar-refractivity contribution is 5.99. The maximum atomic E-state index is 12.1. The molecule has 0 amide bonds. The number of pyridine rings is 1. The molecule has 0 fully saturated rings. The molecule has 1 aromatic heterocycles. The quantitative estimate of drug-likeness (QED) is 0.512. The molecule has 0 unspecified atom stereocenters. The number of likely N-dealkylation sites (N-methyl/N-ethyl adjacent to an activating group) is 1. The lowest BCUT2D eigenvalue weighted by atomic mass is 9.99. The number of fused-ring (bicyclic) bond motifs is 1. The van der Waals surface area contributed by atoms with Crippen molar-refractivity contribution < 1.29 is 5.11 Å². The highest BCUT2D eigenvalue weighted by atomic mass is 16.3. The predicted octanol–water partition coefficient (Wildman–Crippen LogP) is 4.58. The van der Waals surface area contributed by atoms with Gasteiger partial charge in [0.15, 0.2) is 0 Å². The van der Waals surface area contributed by atoms with Crippen LogP contribution in [0.4, 0.5) is 0 Å². The van der Waals surface area contributed by atoms with Crippen molar-refractivity contribution in [2.75, 3.05) is 13.6 Å². The number of nitrogens with zero attached hydrogens (tertiary/aromatic N) is 1. The third-order valence-electron chi connectivity index (χ3n) is 5.25. The van der Waals surface area contributed by atoms with Crippen molar-refractivity contribution in [3.8, 4) is 16.9 Å². The summed E-state index contributed by atoms with van der Waals surface area (Å²) < 4.78 is 0. The second-order valence-corrected chi connectivity index (χ2v) is 7.40. The van der Waals surface area contributed by atoms with Crippen LogP contribution in [0, 0.1) is 0 Å². The van der Waals surface area contributed by atoms with E-state index in [9.17, 15) is 9.90 Å². The molecule has 4 rings (SSSR count). The summed E-state index contributed by atoms with van der Waals surface area (Å²) in [4.78, 5) is 17.2. The zero-order valence-corrected chi connectivity index (χ0v) is 16.4. The first-order valence-electron chi connectivity index (χ1n) is 9.77. The van der Waals surface area contributed by atoms with Crippen molar-refractivity contribution in [1.29, 1.82) is 0 Å². The van der Waals surface area contributed by atoms with Gasteiger partial charge in [0.1, 0.15) is 5.75 Å². The van der Waals surface area contributed by atoms with Crippen molar-refractivity contribution in [3.63, 3.8) is 0 Å². The van der Waals surface area contributed by atoms with Gasteiger partial charge in [-0.1, -0.05) is 60.7 Å². The number of aromatic nitrogens is 1. The molecule has 3 aromatic carbocycles. The van der Waals surface area contributed by atoms with Crippen LogP contribution < -0.4 is 5.56 Å². The number of H-pyrrole nitrogens is 1. The van der Waals surface area contributed by atoms with E-state index in [4.69, 9.17) is 0 Å². The Hall–Kier alpha value is -3.37. The largest absolute Gasteiger partial charge is 0.507 e. The van der Waals surface area contributed by atoms with E-state index >= 15 is 0 Å². The second kappa shape index (κ2) is 8.33. The summed E-state index contributed by atoms with van der Waals surface area (Å²) in [6.07, 6.45) is 2.70. The lowest BCUT2D eigenvalue weighted by Crippen LogP contribution is -2.20.